The molecular weight excluding hydrogens is 273 g/mol. The van der Waals surface area contributed by atoms with Gasteiger partial charge in [0, 0.05) is 25.7 Å². The third-order valence-corrected chi connectivity index (χ3v) is 3.20. The molecule has 116 valence electrons. The number of benzene rings is 1. The van der Waals surface area contributed by atoms with Crippen LogP contribution in [0.25, 0.3) is 0 Å². The molecule has 0 fully saturated rings. The van der Waals surface area contributed by atoms with E-state index in [1.165, 1.54) is 12.1 Å². The Balaban J connectivity index is 1.95. The number of aliphatic imine (C=N–C) groups is 1. The molecule has 1 aromatic rings. The summed E-state index contributed by atoms with van der Waals surface area (Å²) in [5, 5.41) is 6.40. The van der Waals surface area contributed by atoms with E-state index in [9.17, 15) is 4.39 Å². The summed E-state index contributed by atoms with van der Waals surface area (Å²) in [5.41, 5.74) is 1.62. The highest BCUT2D eigenvalue weighted by molar-refractivity contribution is 5.79. The van der Waals surface area contributed by atoms with Crippen molar-refractivity contribution in [1.82, 2.24) is 10.6 Å². The Hall–Kier alpha value is -1.82. The largest absolute Gasteiger partial charge is 0.467 e. The highest BCUT2D eigenvalue weighted by Crippen LogP contribution is 2.29. The second-order valence-electron chi connectivity index (χ2n) is 4.84. The molecule has 0 atom stereocenters. The lowest BCUT2D eigenvalue weighted by Gasteiger charge is -2.21. The molecule has 0 bridgehead atoms. The van der Waals surface area contributed by atoms with Crippen LogP contribution in [0.4, 0.5) is 4.39 Å². The van der Waals surface area contributed by atoms with Crippen LogP contribution >= 0.6 is 0 Å². The van der Waals surface area contributed by atoms with Gasteiger partial charge in [-0.2, -0.15) is 0 Å². The highest BCUT2D eigenvalue weighted by atomic mass is 19.1. The van der Waals surface area contributed by atoms with Crippen molar-refractivity contribution in [2.24, 2.45) is 4.99 Å². The van der Waals surface area contributed by atoms with Crippen LogP contribution in [0.1, 0.15) is 24.5 Å². The number of halogens is 1. The van der Waals surface area contributed by atoms with E-state index < -0.39 is 0 Å². The van der Waals surface area contributed by atoms with Gasteiger partial charge < -0.3 is 20.1 Å². The Bertz CT molecular complexity index is 506. The van der Waals surface area contributed by atoms with Crippen molar-refractivity contribution in [2.45, 2.75) is 26.4 Å². The SMILES string of the molecule is CCCNC(=NC)NCCc1cc(F)cc2c1OCOC2. The number of rotatable bonds is 5. The van der Waals surface area contributed by atoms with Crippen LogP contribution in [-0.2, 0) is 17.8 Å². The van der Waals surface area contributed by atoms with Gasteiger partial charge in [0.25, 0.3) is 0 Å². The number of ether oxygens (including phenoxy) is 2. The van der Waals surface area contributed by atoms with Crippen molar-refractivity contribution in [3.8, 4) is 5.75 Å². The molecule has 2 rings (SSSR count). The lowest BCUT2D eigenvalue weighted by molar-refractivity contribution is -0.0172. The quantitative estimate of drug-likeness (QED) is 0.642. The summed E-state index contributed by atoms with van der Waals surface area (Å²) in [4.78, 5) is 4.13. The monoisotopic (exact) mass is 295 g/mol. The van der Waals surface area contributed by atoms with Gasteiger partial charge in [-0.25, -0.2) is 4.39 Å². The zero-order valence-corrected chi connectivity index (χ0v) is 12.5. The third-order valence-electron chi connectivity index (χ3n) is 3.20. The molecule has 0 unspecified atom stereocenters. The second-order valence-corrected chi connectivity index (χ2v) is 4.84. The molecule has 0 aromatic heterocycles. The van der Waals surface area contributed by atoms with Crippen LogP contribution < -0.4 is 15.4 Å². The first kappa shape index (κ1) is 15.6. The molecular formula is C15H22FN3O2. The van der Waals surface area contributed by atoms with Gasteiger partial charge in [0.1, 0.15) is 11.6 Å². The summed E-state index contributed by atoms with van der Waals surface area (Å²) in [7, 11) is 1.73. The molecule has 5 nitrogen and oxygen atoms in total. The number of nitrogens with zero attached hydrogens (tertiary/aromatic N) is 1. The summed E-state index contributed by atoms with van der Waals surface area (Å²) < 4.78 is 24.3. The van der Waals surface area contributed by atoms with Crippen molar-refractivity contribution in [1.29, 1.82) is 0 Å². The maximum Gasteiger partial charge on any atom is 0.190 e. The molecule has 0 amide bonds. The first-order chi connectivity index (χ1) is 10.2. The van der Waals surface area contributed by atoms with E-state index in [-0.39, 0.29) is 12.6 Å². The molecule has 1 aliphatic rings. The fourth-order valence-corrected chi connectivity index (χ4v) is 2.22. The molecule has 0 radical (unpaired) electrons. The molecule has 21 heavy (non-hydrogen) atoms. The van der Waals surface area contributed by atoms with Gasteiger partial charge in [0.15, 0.2) is 12.8 Å². The summed E-state index contributed by atoms with van der Waals surface area (Å²) in [5.74, 6) is 1.25. The number of hydrogen-bond donors (Lipinski definition) is 2. The Morgan fingerprint density at radius 1 is 1.33 bits per heavy atom. The molecule has 0 aliphatic carbocycles. The summed E-state index contributed by atoms with van der Waals surface area (Å²) in [6.07, 6.45) is 1.69. The van der Waals surface area contributed by atoms with Crippen molar-refractivity contribution in [3.05, 3.63) is 29.1 Å². The fraction of sp³-hybridized carbons (Fsp3) is 0.533. The number of guanidine groups is 1. The Labute approximate surface area is 124 Å². The van der Waals surface area contributed by atoms with E-state index in [0.29, 0.717) is 19.6 Å². The van der Waals surface area contributed by atoms with Crippen LogP contribution in [0.15, 0.2) is 17.1 Å². The minimum absolute atomic E-state index is 0.221. The van der Waals surface area contributed by atoms with Gasteiger partial charge >= 0.3 is 0 Å². The van der Waals surface area contributed by atoms with E-state index >= 15 is 0 Å². The van der Waals surface area contributed by atoms with Crippen LogP contribution in [0, 0.1) is 5.82 Å². The predicted octanol–water partition coefficient (Wildman–Crippen LogP) is 1.81. The summed E-state index contributed by atoms with van der Waals surface area (Å²) in [6, 6.07) is 2.99. The summed E-state index contributed by atoms with van der Waals surface area (Å²) in [6.45, 7) is 4.24. The zero-order valence-electron chi connectivity index (χ0n) is 12.5. The van der Waals surface area contributed by atoms with Gasteiger partial charge in [-0.05, 0) is 30.5 Å². The minimum atomic E-state index is -0.258. The van der Waals surface area contributed by atoms with Gasteiger partial charge in [-0.3, -0.25) is 4.99 Å². The molecule has 1 aliphatic heterocycles. The van der Waals surface area contributed by atoms with E-state index in [1.807, 2.05) is 0 Å². The van der Waals surface area contributed by atoms with E-state index in [2.05, 4.69) is 22.5 Å². The van der Waals surface area contributed by atoms with Crippen molar-refractivity contribution >= 4 is 5.96 Å². The van der Waals surface area contributed by atoms with Gasteiger partial charge in [-0.1, -0.05) is 6.92 Å². The third kappa shape index (κ3) is 4.32. The molecule has 1 heterocycles. The first-order valence-electron chi connectivity index (χ1n) is 7.21. The minimum Gasteiger partial charge on any atom is -0.467 e. The summed E-state index contributed by atoms with van der Waals surface area (Å²) >= 11 is 0. The average Bonchev–Trinajstić information content (AvgIpc) is 2.50. The van der Waals surface area contributed by atoms with Gasteiger partial charge in [0.2, 0.25) is 0 Å². The second kappa shape index (κ2) is 7.83. The molecule has 1 aromatic carbocycles. The fourth-order valence-electron chi connectivity index (χ4n) is 2.22. The van der Waals surface area contributed by atoms with Gasteiger partial charge in [-0.15, -0.1) is 0 Å². The average molecular weight is 295 g/mol. The van der Waals surface area contributed by atoms with Crippen LogP contribution in [-0.4, -0.2) is 32.9 Å². The van der Waals surface area contributed by atoms with E-state index in [1.54, 1.807) is 7.05 Å². The number of nitrogens with one attached hydrogen (secondary N) is 2. The van der Waals surface area contributed by atoms with Gasteiger partial charge in [0.05, 0.1) is 6.61 Å². The zero-order chi connectivity index (χ0) is 15.1. The topological polar surface area (TPSA) is 54.9 Å². The first-order valence-corrected chi connectivity index (χ1v) is 7.21. The Morgan fingerprint density at radius 3 is 2.90 bits per heavy atom. The smallest absolute Gasteiger partial charge is 0.190 e. The van der Waals surface area contributed by atoms with Crippen LogP contribution in [0.2, 0.25) is 0 Å². The van der Waals surface area contributed by atoms with Crippen molar-refractivity contribution in [2.75, 3.05) is 26.9 Å². The molecule has 2 N–H and O–H groups in total. The molecule has 0 spiro atoms. The lowest BCUT2D eigenvalue weighted by Crippen LogP contribution is -2.38. The molecule has 0 saturated carbocycles. The van der Waals surface area contributed by atoms with Crippen LogP contribution in [0.3, 0.4) is 0 Å². The Kier molecular flexibility index (Phi) is 5.80. The molecule has 0 saturated heterocycles. The van der Waals surface area contributed by atoms with E-state index in [0.717, 1.165) is 35.8 Å². The Morgan fingerprint density at radius 2 is 2.14 bits per heavy atom. The van der Waals surface area contributed by atoms with Crippen LogP contribution in [0.5, 0.6) is 5.75 Å². The number of hydrogen-bond acceptors (Lipinski definition) is 3. The predicted molar refractivity (Wildman–Crippen MR) is 80.0 cm³/mol. The normalized spacial score (nSPS) is 14.3. The van der Waals surface area contributed by atoms with E-state index in [4.69, 9.17) is 9.47 Å². The van der Waals surface area contributed by atoms with Crippen molar-refractivity contribution in [3.63, 3.8) is 0 Å². The number of fused-ring (bicyclic) bond motifs is 1. The van der Waals surface area contributed by atoms with Crippen molar-refractivity contribution < 1.29 is 13.9 Å². The lowest BCUT2D eigenvalue weighted by atomic mass is 10.1. The molecule has 6 heteroatoms. The maximum absolute atomic E-state index is 13.6. The maximum atomic E-state index is 13.6. The highest BCUT2D eigenvalue weighted by Gasteiger charge is 2.16. The standard InChI is InChI=1S/C15H22FN3O2/c1-3-5-18-15(17-2)19-6-4-11-7-13(16)8-12-9-20-10-21-14(11)12/h7-8H,3-6,9-10H2,1-2H3,(H2,17,18,19).